The molecule has 0 radical (unpaired) electrons. The van der Waals surface area contributed by atoms with Gasteiger partial charge in [0, 0.05) is 0 Å². The molecule has 1 atom stereocenters. The highest BCUT2D eigenvalue weighted by molar-refractivity contribution is 7.93. The van der Waals surface area contributed by atoms with Crippen LogP contribution >= 0.6 is 0 Å². The number of aryl methyl sites for hydroxylation is 1. The summed E-state index contributed by atoms with van der Waals surface area (Å²) in [5, 5.41) is 0. The van der Waals surface area contributed by atoms with Gasteiger partial charge in [0.15, 0.2) is 0 Å². The zero-order valence-electron chi connectivity index (χ0n) is 15.8. The monoisotopic (exact) mass is 413 g/mol. The topological polar surface area (TPSA) is 55.7 Å². The van der Waals surface area contributed by atoms with Crippen LogP contribution in [0.3, 0.4) is 0 Å². The number of alkyl halides is 3. The molecule has 0 spiro atoms. The van der Waals surface area contributed by atoms with Crippen LogP contribution in [0.2, 0.25) is 0 Å². The smallest absolute Gasteiger partial charge is 0.416 e. The first-order valence-corrected chi connectivity index (χ1v) is 10.2. The van der Waals surface area contributed by atoms with Crippen molar-refractivity contribution >= 4 is 15.7 Å². The van der Waals surface area contributed by atoms with Gasteiger partial charge < -0.3 is 4.74 Å². The predicted molar refractivity (Wildman–Crippen MR) is 100 cm³/mol. The van der Waals surface area contributed by atoms with Crippen LogP contribution < -0.4 is 0 Å². The van der Waals surface area contributed by atoms with Crippen LogP contribution in [0.4, 0.5) is 13.2 Å². The Balaban J connectivity index is 2.53. The first-order valence-electron chi connectivity index (χ1n) is 8.65. The summed E-state index contributed by atoms with van der Waals surface area (Å²) < 4.78 is 62.1. The van der Waals surface area contributed by atoms with E-state index >= 15 is 0 Å². The number of rotatable bonds is 6. The van der Waals surface area contributed by atoms with Gasteiger partial charge in [0.1, 0.15) is 16.3 Å². The number of benzene rings is 2. The Hall–Kier alpha value is -2.35. The summed E-state index contributed by atoms with van der Waals surface area (Å²) in [5.74, 6) is -0.561. The highest BCUT2D eigenvalue weighted by atomic mass is 32.2. The lowest BCUT2D eigenvalue weighted by molar-refractivity contribution is -0.143. The fraction of sp³-hybridized carbons (Fsp3) is 0.350. The molecule has 0 amide bonds. The van der Waals surface area contributed by atoms with Gasteiger partial charge in [0.2, 0.25) is 0 Å². The molecule has 0 bridgehead atoms. The molecule has 0 aliphatic carbocycles. The molecule has 8 heteroatoms. The summed E-state index contributed by atoms with van der Waals surface area (Å²) in [5.41, 5.74) is -0.155. The van der Waals surface area contributed by atoms with Crippen molar-refractivity contribution in [2.45, 2.75) is 36.7 Å². The normalized spacial score (nSPS) is 13.8. The summed E-state index contributed by atoms with van der Waals surface area (Å²) in [6.07, 6.45) is -4.58. The summed E-state index contributed by atoms with van der Waals surface area (Å²) in [6, 6.07) is 10.7. The zero-order chi connectivity index (χ0) is 20.9. The standard InChI is InChI=1S/C20H22F3NO3S/c1-14(2)13-27-19(25)12-24-28(26,17-8-4-6-15(3)10-17)18-9-5-7-16(11-18)20(21,22)23/h4-11,14H,12-13H2,1-3H3. The van der Waals surface area contributed by atoms with Crippen LogP contribution in [0.25, 0.3) is 0 Å². The second-order valence-electron chi connectivity index (χ2n) is 6.73. The molecule has 1 unspecified atom stereocenters. The molecule has 0 fully saturated rings. The van der Waals surface area contributed by atoms with E-state index in [1.54, 1.807) is 25.1 Å². The molecule has 0 aliphatic rings. The average Bonchev–Trinajstić information content (AvgIpc) is 2.63. The SMILES string of the molecule is Cc1cccc(S(=O)(=NCC(=O)OCC(C)C)c2cccc(C(F)(F)F)c2)c1. The van der Waals surface area contributed by atoms with Gasteiger partial charge in [-0.3, -0.25) is 4.79 Å². The van der Waals surface area contributed by atoms with Crippen LogP contribution in [-0.4, -0.2) is 23.3 Å². The van der Waals surface area contributed by atoms with E-state index < -0.39 is 34.0 Å². The quantitative estimate of drug-likeness (QED) is 0.619. The Kier molecular flexibility index (Phi) is 6.87. The largest absolute Gasteiger partial charge is 0.464 e. The van der Waals surface area contributed by atoms with Crippen molar-refractivity contribution in [3.05, 3.63) is 59.7 Å². The summed E-state index contributed by atoms with van der Waals surface area (Å²) >= 11 is 0. The first kappa shape index (κ1) is 21.9. The van der Waals surface area contributed by atoms with Crippen LogP contribution in [0, 0.1) is 12.8 Å². The van der Waals surface area contributed by atoms with E-state index in [1.165, 1.54) is 18.2 Å². The minimum atomic E-state index is -4.58. The Morgan fingerprint density at radius 2 is 1.71 bits per heavy atom. The number of hydrogen-bond acceptors (Lipinski definition) is 4. The van der Waals surface area contributed by atoms with Crippen molar-refractivity contribution < 1.29 is 26.9 Å². The number of halogens is 3. The van der Waals surface area contributed by atoms with Gasteiger partial charge in [-0.25, -0.2) is 8.57 Å². The first-order chi connectivity index (χ1) is 13.0. The molecule has 0 aliphatic heterocycles. The summed E-state index contributed by atoms with van der Waals surface area (Å²) in [6.45, 7) is 5.16. The molecule has 2 aromatic carbocycles. The molecule has 0 saturated carbocycles. The van der Waals surface area contributed by atoms with Crippen LogP contribution in [0.15, 0.2) is 62.7 Å². The maximum absolute atomic E-state index is 13.7. The number of nitrogens with zero attached hydrogens (tertiary/aromatic N) is 1. The minimum absolute atomic E-state index is 0.107. The number of esters is 1. The number of hydrogen-bond donors (Lipinski definition) is 0. The molecule has 0 heterocycles. The molecule has 28 heavy (non-hydrogen) atoms. The van der Waals surface area contributed by atoms with Crippen LogP contribution in [-0.2, 0) is 25.4 Å². The second-order valence-corrected chi connectivity index (χ2v) is 8.98. The number of ether oxygens (including phenoxy) is 1. The zero-order valence-corrected chi connectivity index (χ0v) is 16.6. The van der Waals surface area contributed by atoms with Gasteiger partial charge in [-0.1, -0.05) is 32.0 Å². The van der Waals surface area contributed by atoms with Crippen molar-refractivity contribution in [3.8, 4) is 0 Å². The lowest BCUT2D eigenvalue weighted by atomic mass is 10.2. The Morgan fingerprint density at radius 1 is 1.11 bits per heavy atom. The fourth-order valence-corrected chi connectivity index (χ4v) is 4.38. The second kappa shape index (κ2) is 8.77. The molecule has 152 valence electrons. The van der Waals surface area contributed by atoms with E-state index in [0.29, 0.717) is 0 Å². The van der Waals surface area contributed by atoms with E-state index in [4.69, 9.17) is 4.74 Å². The lowest BCUT2D eigenvalue weighted by Crippen LogP contribution is -2.15. The van der Waals surface area contributed by atoms with Crippen molar-refractivity contribution in [1.29, 1.82) is 0 Å². The van der Waals surface area contributed by atoms with Gasteiger partial charge in [-0.05, 0) is 48.7 Å². The van der Waals surface area contributed by atoms with E-state index in [0.717, 1.165) is 17.7 Å². The third kappa shape index (κ3) is 5.58. The Morgan fingerprint density at radius 3 is 2.29 bits per heavy atom. The van der Waals surface area contributed by atoms with Crippen LogP contribution in [0.1, 0.15) is 25.0 Å². The van der Waals surface area contributed by atoms with Crippen molar-refractivity contribution in [2.24, 2.45) is 10.3 Å². The Bertz CT molecular complexity index is 961. The van der Waals surface area contributed by atoms with Crippen molar-refractivity contribution in [2.75, 3.05) is 13.2 Å². The number of carbonyl (C=O) groups is 1. The van der Waals surface area contributed by atoms with E-state index in [9.17, 15) is 22.2 Å². The van der Waals surface area contributed by atoms with Gasteiger partial charge >= 0.3 is 12.1 Å². The summed E-state index contributed by atoms with van der Waals surface area (Å²) in [4.78, 5) is 12.1. The maximum Gasteiger partial charge on any atom is 0.416 e. The van der Waals surface area contributed by atoms with E-state index in [1.807, 2.05) is 13.8 Å². The highest BCUT2D eigenvalue weighted by Gasteiger charge is 2.31. The molecule has 0 saturated heterocycles. The maximum atomic E-state index is 13.7. The molecular weight excluding hydrogens is 391 g/mol. The Labute approximate surface area is 162 Å². The highest BCUT2D eigenvalue weighted by Crippen LogP contribution is 2.33. The molecule has 0 N–H and O–H groups in total. The van der Waals surface area contributed by atoms with Gasteiger partial charge in [-0.2, -0.15) is 13.2 Å². The third-order valence-electron chi connectivity index (χ3n) is 3.74. The number of carbonyl (C=O) groups excluding carboxylic acids is 1. The van der Waals surface area contributed by atoms with Crippen molar-refractivity contribution in [3.63, 3.8) is 0 Å². The van der Waals surface area contributed by atoms with E-state index in [-0.39, 0.29) is 22.3 Å². The average molecular weight is 413 g/mol. The molecular formula is C20H22F3NO3S. The van der Waals surface area contributed by atoms with E-state index in [2.05, 4.69) is 4.36 Å². The van der Waals surface area contributed by atoms with Gasteiger partial charge in [-0.15, -0.1) is 0 Å². The van der Waals surface area contributed by atoms with Crippen molar-refractivity contribution in [1.82, 2.24) is 0 Å². The molecule has 0 aromatic heterocycles. The summed E-state index contributed by atoms with van der Waals surface area (Å²) in [7, 11) is -3.46. The van der Waals surface area contributed by atoms with Gasteiger partial charge in [0.25, 0.3) is 0 Å². The van der Waals surface area contributed by atoms with Gasteiger partial charge in [0.05, 0.1) is 22.0 Å². The third-order valence-corrected chi connectivity index (χ3v) is 6.02. The molecule has 2 aromatic rings. The predicted octanol–water partition coefficient (Wildman–Crippen LogP) is 5.10. The molecule has 2 rings (SSSR count). The minimum Gasteiger partial charge on any atom is -0.464 e. The fourth-order valence-electron chi connectivity index (χ4n) is 2.37. The lowest BCUT2D eigenvalue weighted by Gasteiger charge is -2.14. The molecule has 4 nitrogen and oxygen atoms in total. The van der Waals surface area contributed by atoms with Crippen LogP contribution in [0.5, 0.6) is 0 Å².